The van der Waals surface area contributed by atoms with Crippen molar-refractivity contribution < 1.29 is 9.59 Å². The van der Waals surface area contributed by atoms with Crippen LogP contribution in [0.2, 0.25) is 0 Å². The summed E-state index contributed by atoms with van der Waals surface area (Å²) >= 11 is 0. The fourth-order valence-corrected chi connectivity index (χ4v) is 2.63. The molecule has 5 nitrogen and oxygen atoms in total. The first-order valence-corrected chi connectivity index (χ1v) is 7.93. The molecule has 0 heterocycles. The summed E-state index contributed by atoms with van der Waals surface area (Å²) in [5.41, 5.74) is 7.40. The Bertz CT molecular complexity index is 525. The van der Waals surface area contributed by atoms with Gasteiger partial charge in [0.15, 0.2) is 0 Å². The highest BCUT2D eigenvalue weighted by Crippen LogP contribution is 2.24. The predicted octanol–water partition coefficient (Wildman–Crippen LogP) is 2.74. The fourth-order valence-electron chi connectivity index (χ4n) is 2.63. The second-order valence-corrected chi connectivity index (χ2v) is 6.33. The van der Waals surface area contributed by atoms with Gasteiger partial charge in [0.1, 0.15) is 0 Å². The molecular weight excluding hydrogens is 278 g/mol. The molecule has 1 aromatic carbocycles. The number of anilines is 2. The third kappa shape index (κ3) is 4.56. The molecule has 2 amide bonds. The molecule has 2 unspecified atom stereocenters. The van der Waals surface area contributed by atoms with Gasteiger partial charge in [0.05, 0.1) is 0 Å². The number of amides is 2. The summed E-state index contributed by atoms with van der Waals surface area (Å²) < 4.78 is 0. The van der Waals surface area contributed by atoms with Gasteiger partial charge in [0.25, 0.3) is 0 Å². The number of rotatable bonds is 4. The van der Waals surface area contributed by atoms with Gasteiger partial charge in [0.2, 0.25) is 11.8 Å². The first-order valence-electron chi connectivity index (χ1n) is 7.93. The largest absolute Gasteiger partial charge is 0.328 e. The number of benzene rings is 1. The maximum Gasteiger partial charge on any atom is 0.227 e. The van der Waals surface area contributed by atoms with Crippen LogP contribution in [0, 0.1) is 11.8 Å². The monoisotopic (exact) mass is 303 g/mol. The molecule has 22 heavy (non-hydrogen) atoms. The van der Waals surface area contributed by atoms with E-state index in [1.807, 2.05) is 13.8 Å². The summed E-state index contributed by atoms with van der Waals surface area (Å²) in [5, 5.41) is 5.75. The molecule has 1 saturated carbocycles. The Morgan fingerprint density at radius 1 is 1.09 bits per heavy atom. The maximum atomic E-state index is 12.2. The van der Waals surface area contributed by atoms with Crippen molar-refractivity contribution in [1.82, 2.24) is 0 Å². The van der Waals surface area contributed by atoms with E-state index in [2.05, 4.69) is 10.6 Å². The maximum absolute atomic E-state index is 12.2. The topological polar surface area (TPSA) is 84.2 Å². The standard InChI is InChI=1S/C17H25N3O2/c1-11(2)16(21)19-14-6-8-15(9-7-14)20-17(22)12-4-3-5-13(18)10-12/h6-9,11-13H,3-5,10,18H2,1-2H3,(H,19,21)(H,20,22). The molecule has 1 aromatic rings. The lowest BCUT2D eigenvalue weighted by molar-refractivity contribution is -0.121. The van der Waals surface area contributed by atoms with E-state index >= 15 is 0 Å². The van der Waals surface area contributed by atoms with Crippen molar-refractivity contribution in [3.05, 3.63) is 24.3 Å². The van der Waals surface area contributed by atoms with Crippen LogP contribution in [0.4, 0.5) is 11.4 Å². The van der Waals surface area contributed by atoms with Crippen molar-refractivity contribution >= 4 is 23.2 Å². The van der Waals surface area contributed by atoms with Gasteiger partial charge >= 0.3 is 0 Å². The molecule has 0 saturated heterocycles. The van der Waals surface area contributed by atoms with Gasteiger partial charge in [0, 0.05) is 29.3 Å². The van der Waals surface area contributed by atoms with Crippen molar-refractivity contribution in [2.24, 2.45) is 17.6 Å². The molecule has 0 radical (unpaired) electrons. The van der Waals surface area contributed by atoms with Gasteiger partial charge in [-0.15, -0.1) is 0 Å². The van der Waals surface area contributed by atoms with Crippen LogP contribution in [0.25, 0.3) is 0 Å². The van der Waals surface area contributed by atoms with Gasteiger partial charge in [-0.05, 0) is 43.5 Å². The zero-order valence-electron chi connectivity index (χ0n) is 13.3. The van der Waals surface area contributed by atoms with E-state index in [1.54, 1.807) is 24.3 Å². The number of carbonyl (C=O) groups excluding carboxylic acids is 2. The molecular formula is C17H25N3O2. The van der Waals surface area contributed by atoms with Crippen molar-refractivity contribution in [2.45, 2.75) is 45.6 Å². The Labute approximate surface area is 131 Å². The van der Waals surface area contributed by atoms with Crippen LogP contribution in [-0.4, -0.2) is 17.9 Å². The average molecular weight is 303 g/mol. The van der Waals surface area contributed by atoms with E-state index in [4.69, 9.17) is 5.73 Å². The van der Waals surface area contributed by atoms with Gasteiger partial charge in [-0.1, -0.05) is 20.3 Å². The quantitative estimate of drug-likeness (QED) is 0.799. The van der Waals surface area contributed by atoms with Gasteiger partial charge in [-0.3, -0.25) is 9.59 Å². The minimum atomic E-state index is -0.0603. The highest BCUT2D eigenvalue weighted by Gasteiger charge is 2.25. The minimum absolute atomic E-state index is 0.00377. The Morgan fingerprint density at radius 2 is 1.68 bits per heavy atom. The first kappa shape index (κ1) is 16.5. The van der Waals surface area contributed by atoms with E-state index < -0.39 is 0 Å². The molecule has 2 rings (SSSR count). The van der Waals surface area contributed by atoms with Gasteiger partial charge in [-0.2, -0.15) is 0 Å². The second-order valence-electron chi connectivity index (χ2n) is 6.33. The van der Waals surface area contributed by atoms with E-state index in [-0.39, 0.29) is 29.7 Å². The third-order valence-electron chi connectivity index (χ3n) is 4.03. The molecule has 4 N–H and O–H groups in total. The molecule has 5 heteroatoms. The van der Waals surface area contributed by atoms with Crippen LogP contribution >= 0.6 is 0 Å². The molecule has 1 aliphatic rings. The lowest BCUT2D eigenvalue weighted by Crippen LogP contribution is -2.34. The smallest absolute Gasteiger partial charge is 0.227 e. The second kappa shape index (κ2) is 7.40. The van der Waals surface area contributed by atoms with Crippen molar-refractivity contribution in [3.63, 3.8) is 0 Å². The number of hydrogen-bond acceptors (Lipinski definition) is 3. The SMILES string of the molecule is CC(C)C(=O)Nc1ccc(NC(=O)C2CCCC(N)C2)cc1. The Kier molecular flexibility index (Phi) is 5.55. The summed E-state index contributed by atoms with van der Waals surface area (Å²) in [5.74, 6) is -0.0407. The zero-order valence-corrected chi connectivity index (χ0v) is 13.3. The first-order chi connectivity index (χ1) is 10.5. The number of nitrogens with two attached hydrogens (primary N) is 1. The molecule has 1 fully saturated rings. The summed E-state index contributed by atoms with van der Waals surface area (Å²) in [6.45, 7) is 3.69. The van der Waals surface area contributed by atoms with E-state index in [0.29, 0.717) is 0 Å². The summed E-state index contributed by atoms with van der Waals surface area (Å²) in [4.78, 5) is 23.8. The van der Waals surface area contributed by atoms with Crippen LogP contribution in [0.15, 0.2) is 24.3 Å². The van der Waals surface area contributed by atoms with E-state index in [9.17, 15) is 9.59 Å². The van der Waals surface area contributed by atoms with Crippen LogP contribution < -0.4 is 16.4 Å². The van der Waals surface area contributed by atoms with Crippen molar-refractivity contribution in [2.75, 3.05) is 10.6 Å². The Hall–Kier alpha value is -1.88. The van der Waals surface area contributed by atoms with E-state index in [1.165, 1.54) is 0 Å². The van der Waals surface area contributed by atoms with Crippen molar-refractivity contribution in [1.29, 1.82) is 0 Å². The average Bonchev–Trinajstić information content (AvgIpc) is 2.49. The molecule has 0 aliphatic heterocycles. The summed E-state index contributed by atoms with van der Waals surface area (Å²) in [6.07, 6.45) is 3.68. The summed E-state index contributed by atoms with van der Waals surface area (Å²) in [6, 6.07) is 7.33. The normalized spacial score (nSPS) is 21.5. The summed E-state index contributed by atoms with van der Waals surface area (Å²) in [7, 11) is 0. The molecule has 0 bridgehead atoms. The number of carbonyl (C=O) groups is 2. The fraction of sp³-hybridized carbons (Fsp3) is 0.529. The lowest BCUT2D eigenvalue weighted by atomic mass is 9.85. The molecule has 1 aliphatic carbocycles. The van der Waals surface area contributed by atoms with Crippen molar-refractivity contribution in [3.8, 4) is 0 Å². The van der Waals surface area contributed by atoms with Gasteiger partial charge < -0.3 is 16.4 Å². The van der Waals surface area contributed by atoms with Crippen LogP contribution in [0.5, 0.6) is 0 Å². The number of hydrogen-bond donors (Lipinski definition) is 3. The third-order valence-corrected chi connectivity index (χ3v) is 4.03. The number of nitrogens with one attached hydrogen (secondary N) is 2. The molecule has 120 valence electrons. The lowest BCUT2D eigenvalue weighted by Gasteiger charge is -2.25. The molecule has 2 atom stereocenters. The van der Waals surface area contributed by atoms with E-state index in [0.717, 1.165) is 37.1 Å². The highest BCUT2D eigenvalue weighted by molar-refractivity contribution is 5.94. The highest BCUT2D eigenvalue weighted by atomic mass is 16.2. The minimum Gasteiger partial charge on any atom is -0.328 e. The molecule has 0 aromatic heterocycles. The Balaban J connectivity index is 1.90. The zero-order chi connectivity index (χ0) is 16.1. The van der Waals surface area contributed by atoms with Crippen LogP contribution in [0.3, 0.4) is 0 Å². The predicted molar refractivity (Wildman–Crippen MR) is 88.5 cm³/mol. The Morgan fingerprint density at radius 3 is 2.23 bits per heavy atom. The van der Waals surface area contributed by atoms with Crippen LogP contribution in [-0.2, 0) is 9.59 Å². The van der Waals surface area contributed by atoms with Crippen LogP contribution in [0.1, 0.15) is 39.5 Å². The molecule has 0 spiro atoms. The van der Waals surface area contributed by atoms with Gasteiger partial charge in [-0.25, -0.2) is 0 Å².